The van der Waals surface area contributed by atoms with Gasteiger partial charge in [0, 0.05) is 17.1 Å². The molecule has 0 radical (unpaired) electrons. The topological polar surface area (TPSA) is 69.0 Å². The number of amides is 1. The zero-order valence-electron chi connectivity index (χ0n) is 14.7. The summed E-state index contributed by atoms with van der Waals surface area (Å²) in [4.78, 5) is 20.6. The summed E-state index contributed by atoms with van der Waals surface area (Å²) in [5, 5.41) is 0.638. The van der Waals surface area contributed by atoms with Crippen LogP contribution in [0.3, 0.4) is 0 Å². The molecule has 0 fully saturated rings. The number of fused-ring (bicyclic) bond motifs is 1. The van der Waals surface area contributed by atoms with E-state index in [9.17, 15) is 13.6 Å². The molecule has 1 N–H and O–H groups in total. The summed E-state index contributed by atoms with van der Waals surface area (Å²) in [7, 11) is 0. The summed E-state index contributed by atoms with van der Waals surface area (Å²) in [5.74, 6) is -0.264. The van der Waals surface area contributed by atoms with Gasteiger partial charge in [-0.15, -0.1) is 0 Å². The molecule has 2 aromatic heterocycles. The SMILES string of the molecule is Cc1nc(-c2cccc(F)c2)ncc1OC(=O)Nn1ccc2cc(F)ccc21. The fourth-order valence-corrected chi connectivity index (χ4v) is 2.75. The number of carbonyl (C=O) groups is 1. The Kier molecular flexibility index (Phi) is 4.44. The van der Waals surface area contributed by atoms with Gasteiger partial charge in [-0.2, -0.15) is 0 Å². The minimum absolute atomic E-state index is 0.167. The first-order valence-corrected chi connectivity index (χ1v) is 8.34. The van der Waals surface area contributed by atoms with Gasteiger partial charge in [0.1, 0.15) is 11.6 Å². The van der Waals surface area contributed by atoms with Crippen molar-refractivity contribution in [2.45, 2.75) is 6.92 Å². The van der Waals surface area contributed by atoms with E-state index in [1.165, 1.54) is 35.1 Å². The molecule has 0 bridgehead atoms. The van der Waals surface area contributed by atoms with Gasteiger partial charge in [0.25, 0.3) is 0 Å². The lowest BCUT2D eigenvalue weighted by Crippen LogP contribution is -2.25. The maximum absolute atomic E-state index is 13.4. The van der Waals surface area contributed by atoms with E-state index in [4.69, 9.17) is 4.74 Å². The largest absolute Gasteiger partial charge is 0.432 e. The highest BCUT2D eigenvalue weighted by molar-refractivity contribution is 5.85. The monoisotopic (exact) mass is 380 g/mol. The summed E-state index contributed by atoms with van der Waals surface area (Å²) >= 11 is 0. The van der Waals surface area contributed by atoms with E-state index >= 15 is 0 Å². The van der Waals surface area contributed by atoms with Crippen LogP contribution in [-0.4, -0.2) is 20.7 Å². The zero-order valence-corrected chi connectivity index (χ0v) is 14.7. The van der Waals surface area contributed by atoms with Gasteiger partial charge in [-0.1, -0.05) is 12.1 Å². The van der Waals surface area contributed by atoms with Crippen molar-refractivity contribution in [1.82, 2.24) is 14.6 Å². The fourth-order valence-electron chi connectivity index (χ4n) is 2.75. The highest BCUT2D eigenvalue weighted by atomic mass is 19.1. The van der Waals surface area contributed by atoms with Gasteiger partial charge in [-0.3, -0.25) is 4.68 Å². The zero-order chi connectivity index (χ0) is 19.7. The van der Waals surface area contributed by atoms with Crippen molar-refractivity contribution in [2.75, 3.05) is 5.43 Å². The second-order valence-electron chi connectivity index (χ2n) is 6.04. The number of aryl methyl sites for hydroxylation is 1. The van der Waals surface area contributed by atoms with Gasteiger partial charge in [0.05, 0.1) is 17.4 Å². The van der Waals surface area contributed by atoms with Gasteiger partial charge in [0.2, 0.25) is 0 Å². The molecule has 0 aliphatic carbocycles. The predicted molar refractivity (Wildman–Crippen MR) is 99.4 cm³/mol. The van der Waals surface area contributed by atoms with Crippen LogP contribution < -0.4 is 10.2 Å². The Hall–Kier alpha value is -3.81. The number of rotatable bonds is 3. The lowest BCUT2D eigenvalue weighted by molar-refractivity contribution is 0.211. The van der Waals surface area contributed by atoms with Crippen LogP contribution in [0.25, 0.3) is 22.3 Å². The van der Waals surface area contributed by atoms with Crippen LogP contribution in [0.4, 0.5) is 13.6 Å². The molecule has 28 heavy (non-hydrogen) atoms. The van der Waals surface area contributed by atoms with E-state index in [1.54, 1.807) is 37.4 Å². The molecule has 6 nitrogen and oxygen atoms in total. The molecule has 0 saturated carbocycles. The predicted octanol–water partition coefficient (Wildman–Crippen LogP) is 4.43. The molecule has 1 amide bonds. The smallest absolute Gasteiger partial charge is 0.406 e. The summed E-state index contributed by atoms with van der Waals surface area (Å²) in [6.45, 7) is 1.65. The number of carbonyl (C=O) groups excluding carboxylic acids is 1. The Bertz CT molecular complexity index is 1190. The molecule has 0 aliphatic rings. The summed E-state index contributed by atoms with van der Waals surface area (Å²) < 4.78 is 33.3. The van der Waals surface area contributed by atoms with Crippen LogP contribution in [0.2, 0.25) is 0 Å². The maximum atomic E-state index is 13.4. The number of hydrogen-bond donors (Lipinski definition) is 1. The fraction of sp³-hybridized carbons (Fsp3) is 0.0500. The van der Waals surface area contributed by atoms with Crippen molar-refractivity contribution in [3.63, 3.8) is 0 Å². The van der Waals surface area contributed by atoms with Crippen LogP contribution in [0, 0.1) is 18.6 Å². The van der Waals surface area contributed by atoms with E-state index in [0.717, 1.165) is 0 Å². The number of benzene rings is 2. The average molecular weight is 380 g/mol. The van der Waals surface area contributed by atoms with Gasteiger partial charge in [-0.25, -0.2) is 29.0 Å². The van der Waals surface area contributed by atoms with Crippen molar-refractivity contribution < 1.29 is 18.3 Å². The van der Waals surface area contributed by atoms with E-state index in [0.29, 0.717) is 28.0 Å². The highest BCUT2D eigenvalue weighted by Crippen LogP contribution is 2.21. The lowest BCUT2D eigenvalue weighted by atomic mass is 10.2. The van der Waals surface area contributed by atoms with Crippen molar-refractivity contribution in [2.24, 2.45) is 0 Å². The molecular formula is C20H14F2N4O2. The third kappa shape index (κ3) is 3.52. The molecule has 4 aromatic rings. The summed E-state index contributed by atoms with van der Waals surface area (Å²) in [5.41, 5.74) is 4.10. The quantitative estimate of drug-likeness (QED) is 0.571. The minimum Gasteiger partial charge on any atom is -0.406 e. The number of aromatic nitrogens is 3. The molecule has 0 spiro atoms. The van der Waals surface area contributed by atoms with Gasteiger partial charge in [0.15, 0.2) is 11.6 Å². The number of nitrogens with zero attached hydrogens (tertiary/aromatic N) is 3. The Morgan fingerprint density at radius 1 is 1.11 bits per heavy atom. The molecule has 0 saturated heterocycles. The molecule has 8 heteroatoms. The molecule has 4 rings (SSSR count). The molecule has 2 aromatic carbocycles. The number of hydrogen-bond acceptors (Lipinski definition) is 4. The van der Waals surface area contributed by atoms with Crippen LogP contribution in [-0.2, 0) is 0 Å². The van der Waals surface area contributed by atoms with Gasteiger partial charge < -0.3 is 4.74 Å². The third-order valence-corrected chi connectivity index (χ3v) is 4.08. The van der Waals surface area contributed by atoms with Crippen LogP contribution >= 0.6 is 0 Å². The van der Waals surface area contributed by atoms with E-state index in [2.05, 4.69) is 15.4 Å². The molecule has 0 atom stereocenters. The first kappa shape index (κ1) is 17.6. The number of halogens is 2. The van der Waals surface area contributed by atoms with Crippen molar-refractivity contribution >= 4 is 17.0 Å². The van der Waals surface area contributed by atoms with E-state index in [-0.39, 0.29) is 11.6 Å². The van der Waals surface area contributed by atoms with Gasteiger partial charge in [-0.05, 0) is 43.3 Å². The van der Waals surface area contributed by atoms with E-state index < -0.39 is 11.9 Å². The Labute approximate surface area is 158 Å². The molecule has 140 valence electrons. The standard InChI is InChI=1S/C20H14F2N4O2/c1-12-18(11-23-19(24-12)14-3-2-4-15(21)10-14)28-20(27)25-26-8-7-13-9-16(22)5-6-17(13)26/h2-11H,1H3,(H,25,27). The molecule has 2 heterocycles. The third-order valence-electron chi connectivity index (χ3n) is 4.08. The second-order valence-corrected chi connectivity index (χ2v) is 6.04. The average Bonchev–Trinajstić information content (AvgIpc) is 3.05. The normalized spacial score (nSPS) is 10.8. The maximum Gasteiger partial charge on any atom is 0.432 e. The van der Waals surface area contributed by atoms with Crippen LogP contribution in [0.1, 0.15) is 5.69 Å². The highest BCUT2D eigenvalue weighted by Gasteiger charge is 2.12. The van der Waals surface area contributed by atoms with Crippen molar-refractivity contribution in [3.05, 3.63) is 78.3 Å². The van der Waals surface area contributed by atoms with Crippen LogP contribution in [0.15, 0.2) is 60.9 Å². The summed E-state index contributed by atoms with van der Waals surface area (Å²) in [6.07, 6.45) is 2.18. The van der Waals surface area contributed by atoms with Gasteiger partial charge >= 0.3 is 6.09 Å². The lowest BCUT2D eigenvalue weighted by Gasteiger charge is -2.10. The molecule has 0 unspecified atom stereocenters. The van der Waals surface area contributed by atoms with Crippen LogP contribution in [0.5, 0.6) is 5.75 Å². The second kappa shape index (κ2) is 7.07. The van der Waals surface area contributed by atoms with Crippen molar-refractivity contribution in [3.8, 4) is 17.1 Å². The van der Waals surface area contributed by atoms with E-state index in [1.807, 2.05) is 0 Å². The first-order valence-electron chi connectivity index (χ1n) is 8.34. The Morgan fingerprint density at radius 2 is 1.93 bits per heavy atom. The Morgan fingerprint density at radius 3 is 2.71 bits per heavy atom. The number of nitrogens with one attached hydrogen (secondary N) is 1. The molecule has 0 aliphatic heterocycles. The first-order chi connectivity index (χ1) is 13.5. The Balaban J connectivity index is 1.51. The minimum atomic E-state index is -0.757. The number of ether oxygens (including phenoxy) is 1. The summed E-state index contributed by atoms with van der Waals surface area (Å²) in [6, 6.07) is 11.8. The van der Waals surface area contributed by atoms with Crippen molar-refractivity contribution in [1.29, 1.82) is 0 Å². The molecular weight excluding hydrogens is 366 g/mol.